The Hall–Kier alpha value is -4.27. The number of pyridine rings is 1. The molecule has 0 spiro atoms. The van der Waals surface area contributed by atoms with Crippen LogP contribution in [-0.4, -0.2) is 72.6 Å². The van der Waals surface area contributed by atoms with Gasteiger partial charge in [-0.15, -0.1) is 11.3 Å². The predicted molar refractivity (Wildman–Crippen MR) is 186 cm³/mol. The number of nitrogens with zero attached hydrogens (tertiary/aromatic N) is 2. The van der Waals surface area contributed by atoms with Crippen molar-refractivity contribution >= 4 is 52.3 Å². The summed E-state index contributed by atoms with van der Waals surface area (Å²) in [6.07, 6.45) is 3.53. The molecule has 3 aliphatic heterocycles. The molecule has 3 fully saturated rings. The maximum Gasteiger partial charge on any atom is 0.415 e. The molecule has 5 heterocycles. The van der Waals surface area contributed by atoms with Crippen LogP contribution in [-0.2, 0) is 22.4 Å². The number of methoxy groups -OCH3 is 2. The molecule has 0 saturated carbocycles. The number of phenolic OH excluding ortho intramolecular Hbond substituents is 2. The molecule has 50 heavy (non-hydrogen) atoms. The van der Waals surface area contributed by atoms with E-state index < -0.39 is 23.9 Å². The van der Waals surface area contributed by atoms with E-state index >= 15 is 0 Å². The van der Waals surface area contributed by atoms with E-state index in [0.29, 0.717) is 44.1 Å². The third-order valence-corrected chi connectivity index (χ3v) is 10.7. The van der Waals surface area contributed by atoms with Crippen LogP contribution in [0, 0.1) is 5.92 Å². The quantitative estimate of drug-likeness (QED) is 0.128. The van der Waals surface area contributed by atoms with E-state index in [2.05, 4.69) is 9.88 Å². The number of fused-ring (bicyclic) bond motifs is 3. The number of carbonyl (C=O) groups excluding carboxylic acids is 2. The Kier molecular flexibility index (Phi) is 12.0. The van der Waals surface area contributed by atoms with Crippen LogP contribution in [0.4, 0.5) is 10.5 Å². The van der Waals surface area contributed by atoms with Crippen molar-refractivity contribution in [3.05, 3.63) is 91.9 Å². The van der Waals surface area contributed by atoms with Gasteiger partial charge < -0.3 is 34.6 Å². The number of ether oxygens (including phenoxy) is 4. The van der Waals surface area contributed by atoms with Crippen molar-refractivity contribution in [2.24, 2.45) is 5.92 Å². The molecule has 2 aromatic heterocycles. The summed E-state index contributed by atoms with van der Waals surface area (Å²) >= 11 is 14.1. The number of esters is 1. The lowest BCUT2D eigenvalue weighted by Crippen LogP contribution is -2.53. The molecule has 3 aliphatic rings. The number of benzene rings is 2. The number of phenols is 2. The second kappa shape index (κ2) is 16.2. The molecule has 1 amide bonds. The first kappa shape index (κ1) is 37.0. The van der Waals surface area contributed by atoms with Gasteiger partial charge in [0.1, 0.15) is 27.1 Å². The summed E-state index contributed by atoms with van der Waals surface area (Å²) in [7, 11) is 3.05. The highest BCUT2D eigenvalue weighted by Gasteiger charge is 2.38. The molecule has 2 atom stereocenters. The fraction of sp³-hybridized carbons (Fsp3) is 0.343. The highest BCUT2D eigenvalue weighted by molar-refractivity contribution is 7.14. The van der Waals surface area contributed by atoms with Gasteiger partial charge in [-0.05, 0) is 73.8 Å². The molecule has 0 unspecified atom stereocenters. The van der Waals surface area contributed by atoms with Gasteiger partial charge in [-0.2, -0.15) is 0 Å². The average molecular weight is 747 g/mol. The number of thiophene rings is 1. The highest BCUT2D eigenvalue weighted by Crippen LogP contribution is 2.39. The second-order valence-corrected chi connectivity index (χ2v) is 13.9. The topological polar surface area (TPSA) is 162 Å². The van der Waals surface area contributed by atoms with E-state index in [4.69, 9.17) is 42.1 Å². The van der Waals surface area contributed by atoms with Gasteiger partial charge in [0, 0.05) is 23.4 Å². The number of H-pyrrole nitrogens is 1. The zero-order valence-electron chi connectivity index (χ0n) is 27.3. The number of aromatic nitrogens is 1. The number of para-hydroxylation sites is 1. The Labute approximate surface area is 303 Å². The second-order valence-electron chi connectivity index (χ2n) is 11.9. The molecule has 3 saturated heterocycles. The first-order chi connectivity index (χ1) is 23.6. The van der Waals surface area contributed by atoms with Gasteiger partial charge in [0.25, 0.3) is 0 Å². The third-order valence-electron chi connectivity index (χ3n) is 8.94. The highest BCUT2D eigenvalue weighted by atomic mass is 35.5. The standard InChI is InChI=1S/C35H35Cl2N3O8S.H2O/c1-45-28-8-6-21(14-30(28)46-2)29(15-23-24(36)16-38-17-25(23)37)47-34(43)32-9-7-22(49-32)18-40(26-4-3-5-27(41)33(26)42)35(44)48-31-19-39-12-10-20(31)11-13-39;/h3-9,14,16-17,20,29,31,41-42H,10-13,15,18-19H2,1-2H3;1H2/t29-,31-;/m0./s1. The van der Waals surface area contributed by atoms with E-state index in [-0.39, 0.29) is 46.8 Å². The van der Waals surface area contributed by atoms with E-state index in [9.17, 15) is 19.8 Å². The number of anilines is 1. The van der Waals surface area contributed by atoms with Gasteiger partial charge >= 0.3 is 12.1 Å². The average Bonchev–Trinajstić information content (AvgIpc) is 3.59. The number of carbonyl (C=O) groups is 2. The third kappa shape index (κ3) is 8.03. The van der Waals surface area contributed by atoms with Crippen molar-refractivity contribution in [1.82, 2.24) is 4.90 Å². The van der Waals surface area contributed by atoms with Gasteiger partial charge in [0.05, 0.1) is 26.5 Å². The van der Waals surface area contributed by atoms with Gasteiger partial charge in [-0.3, -0.25) is 9.80 Å². The fourth-order valence-electron chi connectivity index (χ4n) is 6.28. The Morgan fingerprint density at radius 2 is 1.74 bits per heavy atom. The number of nitrogens with one attached hydrogen (secondary N) is 1. The number of hydrogen-bond acceptors (Lipinski definition) is 11. The first-order valence-electron chi connectivity index (χ1n) is 15.7. The van der Waals surface area contributed by atoms with Crippen molar-refractivity contribution in [3.63, 3.8) is 0 Å². The van der Waals surface area contributed by atoms with Crippen LogP contribution in [0.2, 0.25) is 10.0 Å². The summed E-state index contributed by atoms with van der Waals surface area (Å²) in [6, 6.07) is 12.9. The molecule has 2 aromatic carbocycles. The maximum absolute atomic E-state index is 13.7. The molecule has 0 aliphatic carbocycles. The van der Waals surface area contributed by atoms with Crippen LogP contribution in [0.5, 0.6) is 23.0 Å². The molecule has 0 radical (unpaired) electrons. The van der Waals surface area contributed by atoms with Gasteiger partial charge in [-0.1, -0.05) is 35.3 Å². The number of aromatic hydroxyl groups is 2. The van der Waals surface area contributed by atoms with E-state index in [1.54, 1.807) is 42.7 Å². The number of aromatic amines is 1. The van der Waals surface area contributed by atoms with Crippen LogP contribution >= 0.6 is 34.5 Å². The monoisotopic (exact) mass is 745 g/mol. The normalized spacial score (nSPS) is 18.4. The summed E-state index contributed by atoms with van der Waals surface area (Å²) in [5, 5.41) is 21.7. The first-order valence-corrected chi connectivity index (χ1v) is 17.3. The number of rotatable bonds is 11. The van der Waals surface area contributed by atoms with Crippen LogP contribution in [0.3, 0.4) is 0 Å². The lowest BCUT2D eigenvalue weighted by atomic mass is 9.86. The predicted octanol–water partition coefficient (Wildman–Crippen LogP) is 6.50. The van der Waals surface area contributed by atoms with E-state index in [1.807, 2.05) is 0 Å². The molecule has 4 N–H and O–H groups in total. The molecular formula is C35H37Cl2N3O9S. The Morgan fingerprint density at radius 3 is 2.40 bits per heavy atom. The fourth-order valence-corrected chi connectivity index (χ4v) is 7.69. The molecule has 266 valence electrons. The summed E-state index contributed by atoms with van der Waals surface area (Å²) in [5.41, 5.74) is 1.31. The summed E-state index contributed by atoms with van der Waals surface area (Å²) < 4.78 is 23.0. The Bertz CT molecular complexity index is 1810. The van der Waals surface area contributed by atoms with Gasteiger partial charge in [0.15, 0.2) is 35.4 Å². The SMILES string of the molecule is COc1ccc([C@H](Cc2c(Cl)c[nH+]cc2Cl)OC(=O)c2ccc(CN(C(=O)O[C@H]3CN4CCC3CC4)c3cccc(O)c3O)s2)cc1OC.[OH-]. The maximum atomic E-state index is 13.7. The zero-order valence-corrected chi connectivity index (χ0v) is 29.6. The van der Waals surface area contributed by atoms with Crippen LogP contribution in [0.1, 0.15) is 44.6 Å². The minimum Gasteiger partial charge on any atom is -0.870 e. The van der Waals surface area contributed by atoms with Crippen molar-refractivity contribution in [3.8, 4) is 23.0 Å². The van der Waals surface area contributed by atoms with Crippen LogP contribution < -0.4 is 19.4 Å². The number of amides is 1. The van der Waals surface area contributed by atoms with Crippen LogP contribution in [0.15, 0.2) is 60.9 Å². The van der Waals surface area contributed by atoms with Crippen LogP contribution in [0.25, 0.3) is 0 Å². The minimum absolute atomic E-state index is 0. The molecule has 7 rings (SSSR count). The summed E-state index contributed by atoms with van der Waals surface area (Å²) in [4.78, 5) is 34.7. The van der Waals surface area contributed by atoms with Gasteiger partial charge in [-0.25, -0.2) is 14.6 Å². The molecule has 12 nitrogen and oxygen atoms in total. The summed E-state index contributed by atoms with van der Waals surface area (Å²) in [6.45, 7) is 2.60. The number of hydrogen-bond donors (Lipinski definition) is 2. The smallest absolute Gasteiger partial charge is 0.415 e. The lowest BCUT2D eigenvalue weighted by molar-refractivity contribution is -0.377. The zero-order chi connectivity index (χ0) is 34.7. The minimum atomic E-state index is -0.812. The number of piperidine rings is 3. The van der Waals surface area contributed by atoms with Crippen molar-refractivity contribution in [1.29, 1.82) is 0 Å². The molecule has 4 aromatic rings. The molecule has 15 heteroatoms. The largest absolute Gasteiger partial charge is 0.870 e. The van der Waals surface area contributed by atoms with Crippen molar-refractivity contribution < 1.29 is 49.2 Å². The lowest BCUT2D eigenvalue weighted by Gasteiger charge is -2.44. The van der Waals surface area contributed by atoms with Gasteiger partial charge in [0.2, 0.25) is 0 Å². The Morgan fingerprint density at radius 1 is 1.02 bits per heavy atom. The van der Waals surface area contributed by atoms with Crippen molar-refractivity contribution in [2.45, 2.75) is 38.0 Å². The molecule has 2 bridgehead atoms. The van der Waals surface area contributed by atoms with E-state index in [1.165, 1.54) is 37.3 Å². The molecular weight excluding hydrogens is 709 g/mol. The number of halogens is 2. The summed E-state index contributed by atoms with van der Waals surface area (Å²) in [5.74, 6) is -0.177. The Balaban J connectivity index is 0.00000486. The van der Waals surface area contributed by atoms with E-state index in [0.717, 1.165) is 37.3 Å². The van der Waals surface area contributed by atoms with Crippen molar-refractivity contribution in [2.75, 3.05) is 38.8 Å².